The minimum atomic E-state index is -3.18. The summed E-state index contributed by atoms with van der Waals surface area (Å²) in [5, 5.41) is 10.8. The molecule has 0 aliphatic carbocycles. The van der Waals surface area contributed by atoms with Crippen molar-refractivity contribution in [3.05, 3.63) is 28.3 Å². The molecule has 7 nitrogen and oxygen atoms in total. The normalized spacial score (nSPS) is 18.0. The maximum Gasteiger partial charge on any atom is 0.387 e. The first-order valence-electron chi connectivity index (χ1n) is 6.19. The highest BCUT2D eigenvalue weighted by atomic mass is 19.3. The summed E-state index contributed by atoms with van der Waals surface area (Å²) in [5.74, 6) is -1.06. The highest BCUT2D eigenvalue weighted by Gasteiger charge is 2.30. The molecule has 1 aromatic rings. The Morgan fingerprint density at radius 3 is 2.81 bits per heavy atom. The van der Waals surface area contributed by atoms with E-state index in [4.69, 9.17) is 5.73 Å². The topological polar surface area (TPSA) is 98.7 Å². The molecule has 1 unspecified atom stereocenters. The summed E-state index contributed by atoms with van der Waals surface area (Å²) in [6, 6.07) is 3.04. The molecule has 1 amide bonds. The minimum Gasteiger partial charge on any atom is -0.427 e. The smallest absolute Gasteiger partial charge is 0.387 e. The van der Waals surface area contributed by atoms with Crippen LogP contribution in [0.15, 0.2) is 18.2 Å². The van der Waals surface area contributed by atoms with E-state index in [0.29, 0.717) is 18.7 Å². The lowest BCUT2D eigenvalue weighted by atomic mass is 10.2. The average Bonchev–Trinajstić information content (AvgIpc) is 2.86. The lowest BCUT2D eigenvalue weighted by Gasteiger charge is -2.24. The van der Waals surface area contributed by atoms with Crippen molar-refractivity contribution < 1.29 is 23.2 Å². The number of nitrogens with two attached hydrogens (primary N) is 1. The number of halogens is 2. The Bertz CT molecular complexity index is 567. The Morgan fingerprint density at radius 2 is 2.24 bits per heavy atom. The molecular weight excluding hydrogens is 288 g/mol. The number of ether oxygens (including phenoxy) is 1. The third kappa shape index (κ3) is 3.18. The molecule has 1 saturated heterocycles. The van der Waals surface area contributed by atoms with E-state index >= 15 is 0 Å². The van der Waals surface area contributed by atoms with Crippen molar-refractivity contribution in [3.8, 4) is 5.75 Å². The van der Waals surface area contributed by atoms with Crippen molar-refractivity contribution >= 4 is 17.3 Å². The molecule has 114 valence electrons. The molecular formula is C12H13F2N3O4. The van der Waals surface area contributed by atoms with Gasteiger partial charge in [-0.2, -0.15) is 8.78 Å². The van der Waals surface area contributed by atoms with Crippen LogP contribution in [0.2, 0.25) is 0 Å². The van der Waals surface area contributed by atoms with Gasteiger partial charge in [0.05, 0.1) is 4.92 Å². The number of nitro groups is 1. The molecule has 21 heavy (non-hydrogen) atoms. The Kier molecular flexibility index (Phi) is 4.20. The fraction of sp³-hybridized carbons (Fsp3) is 0.417. The Balaban J connectivity index is 2.37. The number of rotatable bonds is 5. The molecule has 2 N–H and O–H groups in total. The lowest BCUT2D eigenvalue weighted by molar-refractivity contribution is -0.386. The van der Waals surface area contributed by atoms with Crippen LogP contribution in [0.5, 0.6) is 5.75 Å². The Morgan fingerprint density at radius 1 is 1.52 bits per heavy atom. The maximum atomic E-state index is 12.3. The Labute approximate surface area is 118 Å². The van der Waals surface area contributed by atoms with Gasteiger partial charge >= 0.3 is 12.3 Å². The van der Waals surface area contributed by atoms with E-state index in [1.54, 1.807) is 4.90 Å². The van der Waals surface area contributed by atoms with Crippen molar-refractivity contribution in [2.75, 3.05) is 11.4 Å². The van der Waals surface area contributed by atoms with Crippen LogP contribution in [0.4, 0.5) is 20.2 Å². The van der Waals surface area contributed by atoms with Crippen LogP contribution in [-0.2, 0) is 4.79 Å². The summed E-state index contributed by atoms with van der Waals surface area (Å²) in [6.45, 7) is -2.66. The first kappa shape index (κ1) is 14.9. The SMILES string of the molecule is NC(=O)C1CCCN1c1ccc([N+](=O)[O-])c(OC(F)F)c1. The molecule has 1 aliphatic rings. The van der Waals surface area contributed by atoms with Crippen molar-refractivity contribution in [2.24, 2.45) is 5.73 Å². The molecule has 1 aliphatic heterocycles. The molecule has 2 rings (SSSR count). The molecule has 0 radical (unpaired) electrons. The van der Waals surface area contributed by atoms with Crippen LogP contribution < -0.4 is 15.4 Å². The van der Waals surface area contributed by atoms with Crippen LogP contribution >= 0.6 is 0 Å². The third-order valence-corrected chi connectivity index (χ3v) is 3.27. The van der Waals surface area contributed by atoms with Crippen molar-refractivity contribution in [1.29, 1.82) is 0 Å². The number of hydrogen-bond acceptors (Lipinski definition) is 5. The molecule has 0 aromatic heterocycles. The largest absolute Gasteiger partial charge is 0.427 e. The number of alkyl halides is 2. The van der Waals surface area contributed by atoms with Gasteiger partial charge < -0.3 is 15.4 Å². The molecule has 1 aromatic carbocycles. The van der Waals surface area contributed by atoms with E-state index in [1.807, 2.05) is 0 Å². The number of carbonyl (C=O) groups is 1. The van der Waals surface area contributed by atoms with E-state index in [2.05, 4.69) is 4.74 Å². The van der Waals surface area contributed by atoms with Crippen LogP contribution in [0, 0.1) is 10.1 Å². The predicted molar refractivity (Wildman–Crippen MR) is 69.3 cm³/mol. The minimum absolute atomic E-state index is 0.387. The van der Waals surface area contributed by atoms with Crippen molar-refractivity contribution in [1.82, 2.24) is 0 Å². The zero-order valence-corrected chi connectivity index (χ0v) is 10.9. The summed E-state index contributed by atoms with van der Waals surface area (Å²) in [7, 11) is 0. The third-order valence-electron chi connectivity index (χ3n) is 3.27. The van der Waals surface area contributed by atoms with Crippen LogP contribution in [0.25, 0.3) is 0 Å². The fourth-order valence-corrected chi connectivity index (χ4v) is 2.39. The van der Waals surface area contributed by atoms with Gasteiger partial charge in [0.2, 0.25) is 11.7 Å². The van der Waals surface area contributed by atoms with E-state index in [1.165, 1.54) is 6.07 Å². The molecule has 9 heteroatoms. The quantitative estimate of drug-likeness (QED) is 0.658. The molecule has 1 atom stereocenters. The van der Waals surface area contributed by atoms with Gasteiger partial charge in [-0.05, 0) is 18.9 Å². The molecule has 0 spiro atoms. The van der Waals surface area contributed by atoms with Gasteiger partial charge in [-0.1, -0.05) is 0 Å². The number of primary amides is 1. The number of amides is 1. The maximum absolute atomic E-state index is 12.3. The molecule has 1 heterocycles. The molecule has 0 bridgehead atoms. The second kappa shape index (κ2) is 5.90. The first-order chi connectivity index (χ1) is 9.90. The summed E-state index contributed by atoms with van der Waals surface area (Å²) < 4.78 is 28.9. The zero-order chi connectivity index (χ0) is 15.6. The Hall–Kier alpha value is -2.45. The number of nitro benzene ring substituents is 1. The van der Waals surface area contributed by atoms with Crippen LogP contribution in [-0.4, -0.2) is 30.0 Å². The second-order valence-corrected chi connectivity index (χ2v) is 4.54. The summed E-state index contributed by atoms with van der Waals surface area (Å²) in [5.41, 5.74) is 5.11. The fourth-order valence-electron chi connectivity index (χ4n) is 2.39. The van der Waals surface area contributed by atoms with Crippen LogP contribution in [0.3, 0.4) is 0 Å². The second-order valence-electron chi connectivity index (χ2n) is 4.54. The van der Waals surface area contributed by atoms with Gasteiger partial charge in [-0.25, -0.2) is 0 Å². The van der Waals surface area contributed by atoms with Gasteiger partial charge in [-0.15, -0.1) is 0 Å². The van der Waals surface area contributed by atoms with Gasteiger partial charge in [0.1, 0.15) is 6.04 Å². The van der Waals surface area contributed by atoms with E-state index in [0.717, 1.165) is 18.6 Å². The number of hydrogen-bond donors (Lipinski definition) is 1. The number of anilines is 1. The van der Waals surface area contributed by atoms with E-state index in [9.17, 15) is 23.7 Å². The van der Waals surface area contributed by atoms with Gasteiger partial charge in [-0.3, -0.25) is 14.9 Å². The highest BCUT2D eigenvalue weighted by Crippen LogP contribution is 2.35. The zero-order valence-electron chi connectivity index (χ0n) is 10.9. The number of carbonyl (C=O) groups excluding carboxylic acids is 1. The highest BCUT2D eigenvalue weighted by molar-refractivity contribution is 5.84. The lowest BCUT2D eigenvalue weighted by Crippen LogP contribution is -2.40. The molecule has 1 fully saturated rings. The number of nitrogens with zero attached hydrogens (tertiary/aromatic N) is 2. The van der Waals surface area contributed by atoms with Gasteiger partial charge in [0.25, 0.3) is 0 Å². The van der Waals surface area contributed by atoms with Crippen molar-refractivity contribution in [2.45, 2.75) is 25.5 Å². The summed E-state index contributed by atoms with van der Waals surface area (Å²) in [4.78, 5) is 23.0. The first-order valence-corrected chi connectivity index (χ1v) is 6.19. The van der Waals surface area contributed by atoms with E-state index < -0.39 is 34.9 Å². The van der Waals surface area contributed by atoms with Gasteiger partial charge in [0.15, 0.2) is 0 Å². The van der Waals surface area contributed by atoms with Gasteiger partial charge in [0, 0.05) is 24.4 Å². The number of benzene rings is 1. The summed E-state index contributed by atoms with van der Waals surface area (Å²) in [6.07, 6.45) is 1.27. The molecule has 0 saturated carbocycles. The monoisotopic (exact) mass is 301 g/mol. The van der Waals surface area contributed by atoms with E-state index in [-0.39, 0.29) is 0 Å². The van der Waals surface area contributed by atoms with Crippen molar-refractivity contribution in [3.63, 3.8) is 0 Å². The summed E-state index contributed by atoms with van der Waals surface area (Å²) >= 11 is 0. The average molecular weight is 301 g/mol. The predicted octanol–water partition coefficient (Wildman–Crippen LogP) is 1.65. The standard InChI is InChI=1S/C12H13F2N3O4/c13-12(14)21-10-6-7(3-4-8(10)17(19)20)16-5-1-2-9(16)11(15)18/h3-4,6,9,12H,1-2,5H2,(H2,15,18). The van der Waals surface area contributed by atoms with Crippen LogP contribution in [0.1, 0.15) is 12.8 Å².